The lowest BCUT2D eigenvalue weighted by molar-refractivity contribution is -0.146. The molecule has 0 spiro atoms. The summed E-state index contributed by atoms with van der Waals surface area (Å²) in [6.45, 7) is 10.0. The van der Waals surface area contributed by atoms with E-state index < -0.39 is 0 Å². The van der Waals surface area contributed by atoms with Gasteiger partial charge in [0.15, 0.2) is 0 Å². The highest BCUT2D eigenvalue weighted by Crippen LogP contribution is 2.26. The van der Waals surface area contributed by atoms with Gasteiger partial charge in [0.1, 0.15) is 0 Å². The van der Waals surface area contributed by atoms with Gasteiger partial charge in [-0.1, -0.05) is 20.8 Å². The Morgan fingerprint density at radius 2 is 2.12 bits per heavy atom. The van der Waals surface area contributed by atoms with E-state index in [2.05, 4.69) is 25.7 Å². The minimum atomic E-state index is -0.0712. The molecule has 0 saturated carbocycles. The monoisotopic (exact) mass is 242 g/mol. The van der Waals surface area contributed by atoms with Gasteiger partial charge in [0, 0.05) is 13.1 Å². The van der Waals surface area contributed by atoms with Crippen molar-refractivity contribution in [2.45, 2.75) is 27.2 Å². The second-order valence-electron chi connectivity index (χ2n) is 5.98. The van der Waals surface area contributed by atoms with Gasteiger partial charge in [-0.15, -0.1) is 0 Å². The van der Waals surface area contributed by atoms with Crippen molar-refractivity contribution in [3.63, 3.8) is 0 Å². The summed E-state index contributed by atoms with van der Waals surface area (Å²) in [5.41, 5.74) is 5.91. The van der Waals surface area contributed by atoms with Crippen molar-refractivity contribution in [2.75, 3.05) is 33.3 Å². The predicted molar refractivity (Wildman–Crippen MR) is 68.6 cm³/mol. The molecule has 100 valence electrons. The maximum absolute atomic E-state index is 11.6. The first-order valence-corrected chi connectivity index (χ1v) is 6.40. The van der Waals surface area contributed by atoms with E-state index in [1.807, 2.05) is 0 Å². The molecular weight excluding hydrogens is 216 g/mol. The van der Waals surface area contributed by atoms with Crippen molar-refractivity contribution in [3.8, 4) is 0 Å². The van der Waals surface area contributed by atoms with Crippen LogP contribution in [-0.2, 0) is 9.53 Å². The maximum atomic E-state index is 11.6. The number of carbonyl (C=O) groups is 1. The lowest BCUT2D eigenvalue weighted by Gasteiger charge is -2.25. The third-order valence-corrected chi connectivity index (χ3v) is 3.85. The molecule has 1 fully saturated rings. The number of carbonyl (C=O) groups excluding carboxylic acids is 1. The summed E-state index contributed by atoms with van der Waals surface area (Å²) in [6, 6.07) is 0. The zero-order chi connectivity index (χ0) is 13.1. The lowest BCUT2D eigenvalue weighted by Crippen LogP contribution is -2.31. The minimum Gasteiger partial charge on any atom is -0.469 e. The van der Waals surface area contributed by atoms with E-state index in [-0.39, 0.29) is 17.3 Å². The van der Waals surface area contributed by atoms with Crippen LogP contribution in [0.3, 0.4) is 0 Å². The van der Waals surface area contributed by atoms with Gasteiger partial charge < -0.3 is 15.4 Å². The van der Waals surface area contributed by atoms with Crippen molar-refractivity contribution in [2.24, 2.45) is 23.0 Å². The fourth-order valence-electron chi connectivity index (χ4n) is 2.27. The first-order valence-electron chi connectivity index (χ1n) is 6.40. The Kier molecular flexibility index (Phi) is 4.95. The average molecular weight is 242 g/mol. The Labute approximate surface area is 104 Å². The number of hydrogen-bond donors (Lipinski definition) is 1. The Morgan fingerprint density at radius 3 is 2.65 bits per heavy atom. The largest absolute Gasteiger partial charge is 0.469 e. The van der Waals surface area contributed by atoms with Crippen LogP contribution < -0.4 is 5.73 Å². The minimum absolute atomic E-state index is 0.0426. The Hall–Kier alpha value is -0.610. The van der Waals surface area contributed by atoms with Crippen molar-refractivity contribution in [1.29, 1.82) is 0 Å². The fraction of sp³-hybridized carbons (Fsp3) is 0.923. The smallest absolute Gasteiger partial charge is 0.310 e. The Morgan fingerprint density at radius 1 is 1.47 bits per heavy atom. The van der Waals surface area contributed by atoms with Crippen LogP contribution in [0.4, 0.5) is 0 Å². The molecule has 1 aliphatic heterocycles. The van der Waals surface area contributed by atoms with E-state index in [1.54, 1.807) is 0 Å². The molecule has 0 aliphatic carbocycles. The molecule has 0 aromatic rings. The second-order valence-corrected chi connectivity index (χ2v) is 5.98. The number of nitrogens with two attached hydrogens (primary N) is 1. The van der Waals surface area contributed by atoms with Gasteiger partial charge in [0.05, 0.1) is 13.0 Å². The zero-order valence-corrected chi connectivity index (χ0v) is 11.5. The molecule has 0 aromatic carbocycles. The average Bonchev–Trinajstić information content (AvgIpc) is 2.67. The van der Waals surface area contributed by atoms with Gasteiger partial charge in [-0.05, 0) is 30.8 Å². The Bertz CT molecular complexity index is 266. The highest BCUT2D eigenvalue weighted by Gasteiger charge is 2.35. The number of nitrogens with zero attached hydrogens (tertiary/aromatic N) is 1. The molecule has 4 nitrogen and oxygen atoms in total. The summed E-state index contributed by atoms with van der Waals surface area (Å²) in [5.74, 6) is 0.363. The van der Waals surface area contributed by atoms with E-state index in [0.29, 0.717) is 12.5 Å². The number of methoxy groups -OCH3 is 1. The molecule has 1 rings (SSSR count). The molecule has 2 atom stereocenters. The van der Waals surface area contributed by atoms with Crippen LogP contribution in [-0.4, -0.2) is 44.2 Å². The predicted octanol–water partition coefficient (Wildman–Crippen LogP) is 1.10. The highest BCUT2D eigenvalue weighted by atomic mass is 16.5. The van der Waals surface area contributed by atoms with E-state index in [1.165, 1.54) is 7.11 Å². The molecule has 17 heavy (non-hydrogen) atoms. The zero-order valence-electron chi connectivity index (χ0n) is 11.5. The van der Waals surface area contributed by atoms with Crippen LogP contribution in [0.2, 0.25) is 0 Å². The van der Waals surface area contributed by atoms with Crippen LogP contribution in [0.1, 0.15) is 27.2 Å². The van der Waals surface area contributed by atoms with Crippen molar-refractivity contribution < 1.29 is 9.53 Å². The van der Waals surface area contributed by atoms with Gasteiger partial charge in [0.25, 0.3) is 0 Å². The fourth-order valence-corrected chi connectivity index (χ4v) is 2.27. The third-order valence-electron chi connectivity index (χ3n) is 3.85. The first kappa shape index (κ1) is 14.5. The van der Waals surface area contributed by atoms with E-state index in [9.17, 15) is 4.79 Å². The summed E-state index contributed by atoms with van der Waals surface area (Å²) < 4.78 is 4.83. The van der Waals surface area contributed by atoms with Crippen molar-refractivity contribution in [1.82, 2.24) is 4.90 Å². The topological polar surface area (TPSA) is 55.6 Å². The van der Waals surface area contributed by atoms with E-state index in [4.69, 9.17) is 10.5 Å². The molecule has 0 bridgehead atoms. The second kappa shape index (κ2) is 5.83. The Balaban J connectivity index is 2.42. The summed E-state index contributed by atoms with van der Waals surface area (Å²) in [4.78, 5) is 13.9. The van der Waals surface area contributed by atoms with Gasteiger partial charge in [-0.25, -0.2) is 0 Å². The van der Waals surface area contributed by atoms with E-state index in [0.717, 1.165) is 26.1 Å². The van der Waals surface area contributed by atoms with Crippen LogP contribution in [0.25, 0.3) is 0 Å². The molecule has 2 N–H and O–H groups in total. The van der Waals surface area contributed by atoms with Crippen molar-refractivity contribution in [3.05, 3.63) is 0 Å². The van der Waals surface area contributed by atoms with Crippen LogP contribution in [0, 0.1) is 17.3 Å². The maximum Gasteiger partial charge on any atom is 0.310 e. The van der Waals surface area contributed by atoms with Crippen LogP contribution >= 0.6 is 0 Å². The van der Waals surface area contributed by atoms with Gasteiger partial charge >= 0.3 is 5.97 Å². The van der Waals surface area contributed by atoms with Gasteiger partial charge in [-0.3, -0.25) is 4.79 Å². The molecule has 1 saturated heterocycles. The van der Waals surface area contributed by atoms with Crippen LogP contribution in [0.15, 0.2) is 0 Å². The summed E-state index contributed by atoms with van der Waals surface area (Å²) in [6.07, 6.45) is 1.07. The van der Waals surface area contributed by atoms with E-state index >= 15 is 0 Å². The quantitative estimate of drug-likeness (QED) is 0.734. The normalized spacial score (nSPS) is 26.2. The number of rotatable bonds is 5. The summed E-state index contributed by atoms with van der Waals surface area (Å²) in [7, 11) is 1.47. The first-order chi connectivity index (χ1) is 7.89. The van der Waals surface area contributed by atoms with Crippen molar-refractivity contribution >= 4 is 5.97 Å². The number of esters is 1. The lowest BCUT2D eigenvalue weighted by atomic mass is 9.89. The summed E-state index contributed by atoms with van der Waals surface area (Å²) in [5, 5.41) is 0. The standard InChI is InChI=1S/C13H26N2O2/c1-10-7-15(6-5-13(2,3)9-14)8-11(10)12(16)17-4/h10-11H,5-9,14H2,1-4H3. The number of likely N-dealkylation sites (tertiary alicyclic amines) is 1. The molecule has 1 aliphatic rings. The molecule has 2 unspecified atom stereocenters. The molecule has 0 amide bonds. The highest BCUT2D eigenvalue weighted by molar-refractivity contribution is 5.73. The molecule has 1 heterocycles. The SMILES string of the molecule is COC(=O)C1CN(CCC(C)(C)CN)CC1C. The third kappa shape index (κ3) is 3.96. The summed E-state index contributed by atoms with van der Waals surface area (Å²) >= 11 is 0. The molecular formula is C13H26N2O2. The number of hydrogen-bond acceptors (Lipinski definition) is 4. The van der Waals surface area contributed by atoms with Gasteiger partial charge in [-0.2, -0.15) is 0 Å². The van der Waals surface area contributed by atoms with Gasteiger partial charge in [0.2, 0.25) is 0 Å². The molecule has 4 heteroatoms. The van der Waals surface area contributed by atoms with Crippen LogP contribution in [0.5, 0.6) is 0 Å². The molecule has 0 radical (unpaired) electrons. The molecule has 0 aromatic heterocycles. The number of ether oxygens (including phenoxy) is 1.